The average Bonchev–Trinajstić information content (AvgIpc) is 2.53. The Morgan fingerprint density at radius 3 is 2.58 bits per heavy atom. The quantitative estimate of drug-likeness (QED) is 0.852. The van der Waals surface area contributed by atoms with Crippen LogP contribution in [0.25, 0.3) is 0 Å². The Morgan fingerprint density at radius 2 is 1.96 bits per heavy atom. The summed E-state index contributed by atoms with van der Waals surface area (Å²) >= 11 is 5.91. The van der Waals surface area contributed by atoms with E-state index in [1.165, 1.54) is 25.3 Å². The second-order valence-corrected chi connectivity index (χ2v) is 7.69. The highest BCUT2D eigenvalue weighted by molar-refractivity contribution is 7.90. The van der Waals surface area contributed by atoms with Gasteiger partial charge in [-0.25, -0.2) is 8.42 Å². The number of ether oxygens (including phenoxy) is 1. The first kappa shape index (κ1) is 18.3. The summed E-state index contributed by atoms with van der Waals surface area (Å²) in [5.74, 6) is -0.127. The Morgan fingerprint density at radius 1 is 1.21 bits per heavy atom. The number of carbonyl (C=O) groups excluding carboxylic acids is 1. The van der Waals surface area contributed by atoms with E-state index in [1.807, 2.05) is 18.2 Å². The van der Waals surface area contributed by atoms with Crippen molar-refractivity contribution in [1.82, 2.24) is 5.32 Å². The van der Waals surface area contributed by atoms with Gasteiger partial charge in [-0.05, 0) is 42.3 Å². The van der Waals surface area contributed by atoms with Crippen LogP contribution in [-0.2, 0) is 16.3 Å². The zero-order chi connectivity index (χ0) is 17.7. The Kier molecular flexibility index (Phi) is 5.85. The van der Waals surface area contributed by atoms with Gasteiger partial charge in [0.2, 0.25) is 0 Å². The molecule has 24 heavy (non-hydrogen) atoms. The molecule has 2 aromatic rings. The molecular weight excluding hydrogens is 350 g/mol. The average molecular weight is 368 g/mol. The molecule has 7 heteroatoms. The molecule has 0 atom stereocenters. The van der Waals surface area contributed by atoms with E-state index in [4.69, 9.17) is 16.3 Å². The Bertz CT molecular complexity index is 849. The van der Waals surface area contributed by atoms with Gasteiger partial charge >= 0.3 is 0 Å². The number of rotatable bonds is 6. The number of hydrogen-bond donors (Lipinski definition) is 1. The topological polar surface area (TPSA) is 72.5 Å². The molecule has 0 heterocycles. The van der Waals surface area contributed by atoms with E-state index in [1.54, 1.807) is 6.07 Å². The van der Waals surface area contributed by atoms with Crippen LogP contribution in [0.5, 0.6) is 5.75 Å². The Labute approximate surface area is 146 Å². The van der Waals surface area contributed by atoms with E-state index in [2.05, 4.69) is 5.32 Å². The first-order valence-corrected chi connectivity index (χ1v) is 9.49. The molecule has 0 saturated carbocycles. The third kappa shape index (κ3) is 4.72. The molecule has 5 nitrogen and oxygen atoms in total. The van der Waals surface area contributed by atoms with Crippen molar-refractivity contribution < 1.29 is 17.9 Å². The molecule has 0 aliphatic heterocycles. The molecule has 0 spiro atoms. The summed E-state index contributed by atoms with van der Waals surface area (Å²) in [6.45, 7) is 0.416. The highest BCUT2D eigenvalue weighted by Gasteiger charge is 2.17. The first-order chi connectivity index (χ1) is 11.3. The zero-order valence-electron chi connectivity index (χ0n) is 13.4. The number of halogens is 1. The minimum absolute atomic E-state index is 0.00695. The Balaban J connectivity index is 2.07. The number of benzene rings is 2. The van der Waals surface area contributed by atoms with Crippen LogP contribution in [0, 0.1) is 0 Å². The van der Waals surface area contributed by atoms with Gasteiger partial charge in [-0.3, -0.25) is 4.79 Å². The molecular formula is C17H18ClNO4S. The minimum atomic E-state index is -3.49. The maximum atomic E-state index is 12.2. The molecule has 0 aromatic heterocycles. The van der Waals surface area contributed by atoms with Crippen LogP contribution in [0.4, 0.5) is 0 Å². The largest absolute Gasteiger partial charge is 0.495 e. The lowest BCUT2D eigenvalue weighted by Gasteiger charge is -2.10. The molecule has 128 valence electrons. The van der Waals surface area contributed by atoms with Crippen LogP contribution < -0.4 is 10.1 Å². The van der Waals surface area contributed by atoms with E-state index >= 15 is 0 Å². The molecule has 0 unspecified atom stereocenters. The molecule has 2 rings (SSSR count). The van der Waals surface area contributed by atoms with Gasteiger partial charge < -0.3 is 10.1 Å². The van der Waals surface area contributed by atoms with E-state index in [-0.39, 0.29) is 22.1 Å². The minimum Gasteiger partial charge on any atom is -0.495 e. The summed E-state index contributed by atoms with van der Waals surface area (Å²) in [5.41, 5.74) is 1.27. The third-order valence-electron chi connectivity index (χ3n) is 3.41. The van der Waals surface area contributed by atoms with Crippen molar-refractivity contribution in [3.63, 3.8) is 0 Å². The predicted octanol–water partition coefficient (Wildman–Crippen LogP) is 2.72. The van der Waals surface area contributed by atoms with E-state index in [9.17, 15) is 13.2 Å². The summed E-state index contributed by atoms with van der Waals surface area (Å²) in [5, 5.41) is 3.41. The van der Waals surface area contributed by atoms with E-state index in [0.717, 1.165) is 11.8 Å². The van der Waals surface area contributed by atoms with Crippen molar-refractivity contribution >= 4 is 27.3 Å². The molecule has 0 bridgehead atoms. The summed E-state index contributed by atoms with van der Waals surface area (Å²) in [6, 6.07) is 11.7. The lowest BCUT2D eigenvalue weighted by Crippen LogP contribution is -2.25. The fourth-order valence-corrected chi connectivity index (χ4v) is 3.29. The zero-order valence-corrected chi connectivity index (χ0v) is 14.9. The fraction of sp³-hybridized carbons (Fsp3) is 0.235. The number of methoxy groups -OCH3 is 1. The van der Waals surface area contributed by atoms with Crippen molar-refractivity contribution in [2.45, 2.75) is 11.3 Å². The monoisotopic (exact) mass is 367 g/mol. The Hall–Kier alpha value is -2.05. The van der Waals surface area contributed by atoms with Crippen LogP contribution in [0.1, 0.15) is 15.9 Å². The lowest BCUT2D eigenvalue weighted by atomic mass is 10.1. The van der Waals surface area contributed by atoms with Crippen LogP contribution >= 0.6 is 11.6 Å². The molecule has 0 radical (unpaired) electrons. The van der Waals surface area contributed by atoms with Gasteiger partial charge in [0.25, 0.3) is 5.91 Å². The normalized spacial score (nSPS) is 11.1. The smallest absolute Gasteiger partial charge is 0.251 e. The van der Waals surface area contributed by atoms with Crippen molar-refractivity contribution in [1.29, 1.82) is 0 Å². The molecule has 0 saturated heterocycles. The predicted molar refractivity (Wildman–Crippen MR) is 93.6 cm³/mol. The van der Waals surface area contributed by atoms with Crippen LogP contribution in [0.15, 0.2) is 47.4 Å². The molecule has 0 fully saturated rings. The van der Waals surface area contributed by atoms with Gasteiger partial charge in [0.1, 0.15) is 10.6 Å². The second kappa shape index (κ2) is 7.68. The van der Waals surface area contributed by atoms with Crippen LogP contribution in [-0.4, -0.2) is 34.2 Å². The number of hydrogen-bond acceptors (Lipinski definition) is 4. The van der Waals surface area contributed by atoms with E-state index < -0.39 is 9.84 Å². The maximum absolute atomic E-state index is 12.2. The summed E-state index contributed by atoms with van der Waals surface area (Å²) in [6.07, 6.45) is 1.70. The van der Waals surface area contributed by atoms with Crippen molar-refractivity contribution in [3.05, 3.63) is 58.6 Å². The van der Waals surface area contributed by atoms with E-state index in [0.29, 0.717) is 18.0 Å². The number of amides is 1. The summed E-state index contributed by atoms with van der Waals surface area (Å²) < 4.78 is 28.6. The highest BCUT2D eigenvalue weighted by atomic mass is 35.5. The molecule has 0 aliphatic rings. The van der Waals surface area contributed by atoms with Gasteiger partial charge in [-0.15, -0.1) is 0 Å². The standard InChI is InChI=1S/C17H18ClNO4S/c1-23-15-7-6-13(11-16(15)24(2,21)22)17(20)19-9-8-12-4-3-5-14(18)10-12/h3-7,10-11H,8-9H2,1-2H3,(H,19,20). The molecule has 1 amide bonds. The molecule has 0 aliphatic carbocycles. The number of nitrogens with one attached hydrogen (secondary N) is 1. The van der Waals surface area contributed by atoms with Crippen molar-refractivity contribution in [2.24, 2.45) is 0 Å². The van der Waals surface area contributed by atoms with Gasteiger partial charge in [0.15, 0.2) is 9.84 Å². The lowest BCUT2D eigenvalue weighted by molar-refractivity contribution is 0.0954. The first-order valence-electron chi connectivity index (χ1n) is 7.22. The van der Waals surface area contributed by atoms with Gasteiger partial charge in [0.05, 0.1) is 7.11 Å². The van der Waals surface area contributed by atoms with Gasteiger partial charge in [0, 0.05) is 23.4 Å². The molecule has 2 aromatic carbocycles. The number of carbonyl (C=O) groups is 1. The SMILES string of the molecule is COc1ccc(C(=O)NCCc2cccc(Cl)c2)cc1S(C)(=O)=O. The van der Waals surface area contributed by atoms with Gasteiger partial charge in [-0.1, -0.05) is 23.7 Å². The maximum Gasteiger partial charge on any atom is 0.251 e. The highest BCUT2D eigenvalue weighted by Crippen LogP contribution is 2.24. The van der Waals surface area contributed by atoms with Gasteiger partial charge in [-0.2, -0.15) is 0 Å². The summed E-state index contributed by atoms with van der Waals surface area (Å²) in [7, 11) is -2.11. The third-order valence-corrected chi connectivity index (χ3v) is 4.77. The number of sulfone groups is 1. The fourth-order valence-electron chi connectivity index (χ4n) is 2.22. The van der Waals surface area contributed by atoms with Crippen molar-refractivity contribution in [3.8, 4) is 5.75 Å². The summed E-state index contributed by atoms with van der Waals surface area (Å²) in [4.78, 5) is 12.2. The van der Waals surface area contributed by atoms with Crippen LogP contribution in [0.3, 0.4) is 0 Å². The van der Waals surface area contributed by atoms with Crippen LogP contribution in [0.2, 0.25) is 5.02 Å². The second-order valence-electron chi connectivity index (χ2n) is 5.27. The van der Waals surface area contributed by atoms with Crippen molar-refractivity contribution in [2.75, 3.05) is 19.9 Å². The molecule has 1 N–H and O–H groups in total.